The number of hydrogen-bond donors (Lipinski definition) is 3. The van der Waals surface area contributed by atoms with Gasteiger partial charge in [-0.3, -0.25) is 4.79 Å². The number of hydrogen-bond acceptors (Lipinski definition) is 4. The lowest BCUT2D eigenvalue weighted by molar-refractivity contribution is -0.122. The van der Waals surface area contributed by atoms with E-state index >= 15 is 0 Å². The SMILES string of the molecule is O=C(NCC1CCCS1)C1CC(O)CN1. The Morgan fingerprint density at radius 2 is 2.47 bits per heavy atom. The van der Waals surface area contributed by atoms with E-state index in [4.69, 9.17) is 0 Å². The summed E-state index contributed by atoms with van der Waals surface area (Å²) in [5.74, 6) is 1.26. The fourth-order valence-corrected chi connectivity index (χ4v) is 3.26. The van der Waals surface area contributed by atoms with Crippen molar-refractivity contribution in [2.45, 2.75) is 36.7 Å². The summed E-state index contributed by atoms with van der Waals surface area (Å²) in [6.45, 7) is 1.31. The molecule has 0 aromatic carbocycles. The second-order valence-electron chi connectivity index (χ2n) is 4.23. The fourth-order valence-electron chi connectivity index (χ4n) is 2.06. The molecule has 1 amide bonds. The average molecular weight is 230 g/mol. The largest absolute Gasteiger partial charge is 0.392 e. The molecule has 2 saturated heterocycles. The molecule has 86 valence electrons. The molecule has 2 aliphatic heterocycles. The summed E-state index contributed by atoms with van der Waals surface area (Å²) in [5, 5.41) is 15.8. The molecule has 0 aliphatic carbocycles. The molecule has 3 atom stereocenters. The first-order valence-electron chi connectivity index (χ1n) is 5.56. The van der Waals surface area contributed by atoms with Gasteiger partial charge in [0, 0.05) is 18.3 Å². The minimum Gasteiger partial charge on any atom is -0.392 e. The van der Waals surface area contributed by atoms with Crippen LogP contribution in [-0.2, 0) is 4.79 Å². The van der Waals surface area contributed by atoms with E-state index in [9.17, 15) is 9.90 Å². The number of carbonyl (C=O) groups excluding carboxylic acids is 1. The Labute approximate surface area is 94.2 Å². The van der Waals surface area contributed by atoms with Crippen LogP contribution in [0.25, 0.3) is 0 Å². The molecule has 3 unspecified atom stereocenters. The highest BCUT2D eigenvalue weighted by Crippen LogP contribution is 2.25. The van der Waals surface area contributed by atoms with Gasteiger partial charge in [0.1, 0.15) is 0 Å². The second-order valence-corrected chi connectivity index (χ2v) is 5.64. The molecule has 5 heteroatoms. The second kappa shape index (κ2) is 5.18. The first kappa shape index (κ1) is 11.2. The van der Waals surface area contributed by atoms with Crippen molar-refractivity contribution in [3.63, 3.8) is 0 Å². The number of nitrogens with one attached hydrogen (secondary N) is 2. The number of aliphatic hydroxyl groups is 1. The first-order valence-corrected chi connectivity index (χ1v) is 6.61. The van der Waals surface area contributed by atoms with E-state index < -0.39 is 0 Å². The highest BCUT2D eigenvalue weighted by atomic mass is 32.2. The van der Waals surface area contributed by atoms with Gasteiger partial charge in [-0.2, -0.15) is 11.8 Å². The number of carbonyl (C=O) groups is 1. The van der Waals surface area contributed by atoms with Crippen molar-refractivity contribution < 1.29 is 9.90 Å². The predicted octanol–water partition coefficient (Wildman–Crippen LogP) is -0.279. The predicted molar refractivity (Wildman–Crippen MR) is 60.9 cm³/mol. The quantitative estimate of drug-likeness (QED) is 0.624. The first-order chi connectivity index (χ1) is 7.25. The van der Waals surface area contributed by atoms with Crippen molar-refractivity contribution in [3.8, 4) is 0 Å². The van der Waals surface area contributed by atoms with E-state index in [-0.39, 0.29) is 18.1 Å². The Balaban J connectivity index is 1.67. The van der Waals surface area contributed by atoms with Gasteiger partial charge in [0.25, 0.3) is 0 Å². The molecule has 0 radical (unpaired) electrons. The van der Waals surface area contributed by atoms with E-state index in [0.717, 1.165) is 6.54 Å². The van der Waals surface area contributed by atoms with Crippen LogP contribution in [0.4, 0.5) is 0 Å². The van der Waals surface area contributed by atoms with Crippen molar-refractivity contribution in [2.75, 3.05) is 18.8 Å². The van der Waals surface area contributed by atoms with E-state index in [1.807, 2.05) is 11.8 Å². The number of rotatable bonds is 3. The lowest BCUT2D eigenvalue weighted by Crippen LogP contribution is -2.42. The van der Waals surface area contributed by atoms with Gasteiger partial charge in [-0.15, -0.1) is 0 Å². The molecule has 0 spiro atoms. The molecule has 0 bridgehead atoms. The number of β-amino-alcohol motifs (C(OH)–C–C–N with tert-alkyl or cyclic N) is 1. The summed E-state index contributed by atoms with van der Waals surface area (Å²) in [7, 11) is 0. The van der Waals surface area contributed by atoms with Gasteiger partial charge >= 0.3 is 0 Å². The Morgan fingerprint density at radius 1 is 1.60 bits per heavy atom. The minimum absolute atomic E-state index is 0.0408. The summed E-state index contributed by atoms with van der Waals surface area (Å²) in [4.78, 5) is 11.7. The van der Waals surface area contributed by atoms with Crippen LogP contribution in [0.3, 0.4) is 0 Å². The molecule has 4 nitrogen and oxygen atoms in total. The molecule has 3 N–H and O–H groups in total. The van der Waals surface area contributed by atoms with Gasteiger partial charge in [0.2, 0.25) is 5.91 Å². The van der Waals surface area contributed by atoms with Gasteiger partial charge < -0.3 is 15.7 Å². The molecule has 2 heterocycles. The minimum atomic E-state index is -0.360. The highest BCUT2D eigenvalue weighted by Gasteiger charge is 2.28. The summed E-state index contributed by atoms with van der Waals surface area (Å²) in [6, 6.07) is -0.189. The molecule has 0 aromatic heterocycles. The van der Waals surface area contributed by atoms with E-state index in [1.165, 1.54) is 18.6 Å². The van der Waals surface area contributed by atoms with Crippen LogP contribution < -0.4 is 10.6 Å². The van der Waals surface area contributed by atoms with Crippen molar-refractivity contribution in [3.05, 3.63) is 0 Å². The Hall–Kier alpha value is -0.260. The van der Waals surface area contributed by atoms with Crippen LogP contribution in [-0.4, -0.2) is 47.3 Å². The van der Waals surface area contributed by atoms with Gasteiger partial charge in [-0.25, -0.2) is 0 Å². The van der Waals surface area contributed by atoms with Crippen LogP contribution in [0, 0.1) is 0 Å². The van der Waals surface area contributed by atoms with Gasteiger partial charge in [0.15, 0.2) is 0 Å². The molecule has 0 aromatic rings. The lowest BCUT2D eigenvalue weighted by Gasteiger charge is -2.13. The van der Waals surface area contributed by atoms with E-state index in [0.29, 0.717) is 18.2 Å². The van der Waals surface area contributed by atoms with Gasteiger partial charge in [-0.1, -0.05) is 0 Å². The normalized spacial score (nSPS) is 35.7. The van der Waals surface area contributed by atoms with Crippen LogP contribution in [0.1, 0.15) is 19.3 Å². The zero-order valence-corrected chi connectivity index (χ0v) is 9.55. The monoisotopic (exact) mass is 230 g/mol. The topological polar surface area (TPSA) is 61.4 Å². The van der Waals surface area contributed by atoms with Crippen molar-refractivity contribution in [2.24, 2.45) is 0 Å². The fraction of sp³-hybridized carbons (Fsp3) is 0.900. The van der Waals surface area contributed by atoms with E-state index in [1.54, 1.807) is 0 Å². The maximum absolute atomic E-state index is 11.7. The summed E-state index contributed by atoms with van der Waals surface area (Å²) >= 11 is 1.94. The summed E-state index contributed by atoms with van der Waals surface area (Å²) in [6.07, 6.45) is 2.67. The summed E-state index contributed by atoms with van der Waals surface area (Å²) in [5.41, 5.74) is 0. The van der Waals surface area contributed by atoms with Crippen molar-refractivity contribution in [1.29, 1.82) is 0 Å². The Morgan fingerprint density at radius 3 is 3.07 bits per heavy atom. The zero-order chi connectivity index (χ0) is 10.7. The molecular weight excluding hydrogens is 212 g/mol. The summed E-state index contributed by atoms with van der Waals surface area (Å²) < 4.78 is 0. The molecular formula is C10H18N2O2S. The van der Waals surface area contributed by atoms with Crippen LogP contribution in [0.5, 0.6) is 0 Å². The van der Waals surface area contributed by atoms with Crippen LogP contribution >= 0.6 is 11.8 Å². The maximum atomic E-state index is 11.7. The zero-order valence-electron chi connectivity index (χ0n) is 8.74. The third kappa shape index (κ3) is 3.09. The number of aliphatic hydroxyl groups excluding tert-OH is 1. The van der Waals surface area contributed by atoms with Crippen LogP contribution in [0.15, 0.2) is 0 Å². The molecule has 2 fully saturated rings. The number of thioether (sulfide) groups is 1. The number of amides is 1. The third-order valence-electron chi connectivity index (χ3n) is 2.95. The smallest absolute Gasteiger partial charge is 0.237 e. The Bertz CT molecular complexity index is 231. The molecule has 0 saturated carbocycles. The highest BCUT2D eigenvalue weighted by molar-refractivity contribution is 8.00. The molecule has 2 aliphatic rings. The lowest BCUT2D eigenvalue weighted by atomic mass is 10.2. The standard InChI is InChI=1S/C10H18N2O2S/c13-7-4-9(11-5-7)10(14)12-6-8-2-1-3-15-8/h7-9,11,13H,1-6H2,(H,12,14). The maximum Gasteiger partial charge on any atom is 0.237 e. The third-order valence-corrected chi connectivity index (χ3v) is 4.35. The van der Waals surface area contributed by atoms with Crippen molar-refractivity contribution >= 4 is 17.7 Å². The van der Waals surface area contributed by atoms with Gasteiger partial charge in [-0.05, 0) is 25.0 Å². The van der Waals surface area contributed by atoms with E-state index in [2.05, 4.69) is 10.6 Å². The molecule has 2 rings (SSSR count). The van der Waals surface area contributed by atoms with Crippen LogP contribution in [0.2, 0.25) is 0 Å². The van der Waals surface area contributed by atoms with Gasteiger partial charge in [0.05, 0.1) is 12.1 Å². The average Bonchev–Trinajstić information content (AvgIpc) is 2.84. The Kier molecular flexibility index (Phi) is 3.88. The molecule has 15 heavy (non-hydrogen) atoms. The van der Waals surface area contributed by atoms with Crippen molar-refractivity contribution in [1.82, 2.24) is 10.6 Å².